The average Bonchev–Trinajstić information content (AvgIpc) is 2.86. The summed E-state index contributed by atoms with van der Waals surface area (Å²) in [5.41, 5.74) is -3.61. The van der Waals surface area contributed by atoms with Crippen LogP contribution in [0.3, 0.4) is 0 Å². The van der Waals surface area contributed by atoms with Crippen LogP contribution in [0.1, 0.15) is 22.4 Å². The third-order valence-electron chi connectivity index (χ3n) is 6.51. The fourth-order valence-corrected chi connectivity index (χ4v) is 4.42. The highest BCUT2D eigenvalue weighted by molar-refractivity contribution is 5.81. The standard InChI is InChI=1S/C22H25F6N7O3/c1-13-15(31-32(2)19(37)17(13)22(26,27)28)11-33-7-8-38-16(12-33)18(36)34-3-5-35(6-4-34)20-29-9-14(10-30-20)21(23,24)25/h9-10,16H,3-8,11-12H2,1-2H3/t16-/m1/s1. The molecule has 208 valence electrons. The Labute approximate surface area is 212 Å². The Bertz CT molecular complexity index is 1220. The normalized spacial score (nSPS) is 19.6. The van der Waals surface area contributed by atoms with Gasteiger partial charge in [0.15, 0.2) is 0 Å². The summed E-state index contributed by atoms with van der Waals surface area (Å²) >= 11 is 0. The summed E-state index contributed by atoms with van der Waals surface area (Å²) in [4.78, 5) is 37.6. The van der Waals surface area contributed by atoms with E-state index in [0.29, 0.717) is 36.7 Å². The number of carbonyl (C=O) groups is 1. The number of morpholine rings is 1. The molecule has 0 bridgehead atoms. The topological polar surface area (TPSA) is 96.7 Å². The summed E-state index contributed by atoms with van der Waals surface area (Å²) in [5, 5.41) is 4.00. The summed E-state index contributed by atoms with van der Waals surface area (Å²) in [6, 6.07) is 0. The number of aromatic nitrogens is 4. The Hall–Kier alpha value is -3.27. The summed E-state index contributed by atoms with van der Waals surface area (Å²) in [6.07, 6.45) is -8.79. The Morgan fingerprint density at radius 3 is 2.24 bits per heavy atom. The van der Waals surface area contributed by atoms with Gasteiger partial charge in [-0.1, -0.05) is 0 Å². The second kappa shape index (κ2) is 10.5. The fraction of sp³-hybridized carbons (Fsp3) is 0.591. The number of piperazine rings is 1. The highest BCUT2D eigenvalue weighted by Gasteiger charge is 2.39. The van der Waals surface area contributed by atoms with Crippen molar-refractivity contribution in [2.24, 2.45) is 7.05 Å². The molecule has 1 atom stereocenters. The van der Waals surface area contributed by atoms with E-state index in [9.17, 15) is 35.9 Å². The molecule has 4 rings (SSSR count). The Kier molecular flexibility index (Phi) is 7.65. The minimum absolute atomic E-state index is 0.00475. The first kappa shape index (κ1) is 27.8. The lowest BCUT2D eigenvalue weighted by atomic mass is 10.1. The van der Waals surface area contributed by atoms with Crippen molar-refractivity contribution in [3.8, 4) is 0 Å². The van der Waals surface area contributed by atoms with E-state index in [1.807, 2.05) is 0 Å². The molecule has 1 amide bonds. The van der Waals surface area contributed by atoms with Crippen LogP contribution in [0.2, 0.25) is 0 Å². The molecule has 10 nitrogen and oxygen atoms in total. The van der Waals surface area contributed by atoms with Gasteiger partial charge in [0.25, 0.3) is 11.5 Å². The van der Waals surface area contributed by atoms with Gasteiger partial charge in [0, 0.05) is 65.3 Å². The van der Waals surface area contributed by atoms with E-state index >= 15 is 0 Å². The number of ether oxygens (including phenoxy) is 1. The number of hydrogen-bond acceptors (Lipinski definition) is 8. The van der Waals surface area contributed by atoms with Crippen LogP contribution in [-0.4, -0.2) is 87.4 Å². The predicted octanol–water partition coefficient (Wildman–Crippen LogP) is 1.47. The molecule has 16 heteroatoms. The third kappa shape index (κ3) is 5.90. The van der Waals surface area contributed by atoms with Gasteiger partial charge in [0.1, 0.15) is 11.7 Å². The lowest BCUT2D eigenvalue weighted by molar-refractivity contribution is -0.150. The molecule has 0 saturated carbocycles. The highest BCUT2D eigenvalue weighted by Crippen LogP contribution is 2.30. The first-order chi connectivity index (χ1) is 17.8. The first-order valence-corrected chi connectivity index (χ1v) is 11.7. The lowest BCUT2D eigenvalue weighted by Gasteiger charge is -2.38. The maximum Gasteiger partial charge on any atom is 0.422 e. The second-order valence-corrected chi connectivity index (χ2v) is 9.05. The number of anilines is 1. The average molecular weight is 549 g/mol. The summed E-state index contributed by atoms with van der Waals surface area (Å²) in [7, 11) is 1.15. The zero-order chi connectivity index (χ0) is 27.8. The predicted molar refractivity (Wildman–Crippen MR) is 120 cm³/mol. The largest absolute Gasteiger partial charge is 0.422 e. The molecule has 0 aromatic carbocycles. The minimum atomic E-state index is -4.83. The van der Waals surface area contributed by atoms with Crippen molar-refractivity contribution in [1.29, 1.82) is 0 Å². The molecule has 0 unspecified atom stereocenters. The summed E-state index contributed by atoms with van der Waals surface area (Å²) in [6.45, 7) is 2.97. The van der Waals surface area contributed by atoms with E-state index in [4.69, 9.17) is 4.74 Å². The van der Waals surface area contributed by atoms with E-state index in [2.05, 4.69) is 15.1 Å². The van der Waals surface area contributed by atoms with Crippen molar-refractivity contribution in [2.45, 2.75) is 31.9 Å². The van der Waals surface area contributed by atoms with Crippen molar-refractivity contribution in [1.82, 2.24) is 29.5 Å². The quantitative estimate of drug-likeness (QED) is 0.530. The number of aryl methyl sites for hydroxylation is 1. The van der Waals surface area contributed by atoms with Crippen LogP contribution in [0, 0.1) is 6.92 Å². The van der Waals surface area contributed by atoms with Gasteiger partial charge in [0.05, 0.1) is 17.9 Å². The molecule has 2 aliphatic rings. The zero-order valence-electron chi connectivity index (χ0n) is 20.5. The Morgan fingerprint density at radius 1 is 1.03 bits per heavy atom. The smallest absolute Gasteiger partial charge is 0.366 e. The lowest BCUT2D eigenvalue weighted by Crippen LogP contribution is -2.56. The van der Waals surface area contributed by atoms with Gasteiger partial charge in [-0.15, -0.1) is 0 Å². The van der Waals surface area contributed by atoms with Gasteiger partial charge in [-0.2, -0.15) is 31.4 Å². The second-order valence-electron chi connectivity index (χ2n) is 9.05. The maximum absolute atomic E-state index is 13.4. The van der Waals surface area contributed by atoms with E-state index in [-0.39, 0.29) is 55.9 Å². The van der Waals surface area contributed by atoms with Gasteiger partial charge in [0.2, 0.25) is 5.95 Å². The highest BCUT2D eigenvalue weighted by atomic mass is 19.4. The van der Waals surface area contributed by atoms with Crippen LogP contribution >= 0.6 is 0 Å². The van der Waals surface area contributed by atoms with Crippen LogP contribution in [-0.2, 0) is 35.5 Å². The third-order valence-corrected chi connectivity index (χ3v) is 6.51. The molecule has 38 heavy (non-hydrogen) atoms. The molecular weight excluding hydrogens is 524 g/mol. The van der Waals surface area contributed by atoms with Crippen molar-refractivity contribution in [2.75, 3.05) is 50.8 Å². The van der Waals surface area contributed by atoms with Crippen LogP contribution in [0.15, 0.2) is 17.2 Å². The van der Waals surface area contributed by atoms with Gasteiger partial charge in [-0.25, -0.2) is 14.6 Å². The summed E-state index contributed by atoms with van der Waals surface area (Å²) in [5.74, 6) is -0.174. The van der Waals surface area contributed by atoms with E-state index in [1.54, 1.807) is 14.7 Å². The first-order valence-electron chi connectivity index (χ1n) is 11.7. The van der Waals surface area contributed by atoms with E-state index < -0.39 is 35.1 Å². The van der Waals surface area contributed by atoms with Gasteiger partial charge >= 0.3 is 12.4 Å². The number of alkyl halides is 6. The molecule has 2 aromatic heterocycles. The number of rotatable bonds is 4. The maximum atomic E-state index is 13.4. The molecule has 4 heterocycles. The van der Waals surface area contributed by atoms with Crippen LogP contribution in [0.4, 0.5) is 32.3 Å². The SMILES string of the molecule is Cc1c(CN2CCO[C@@H](C(=O)N3CCN(c4ncc(C(F)(F)F)cn4)CC3)C2)nn(C)c(=O)c1C(F)(F)F. The zero-order valence-corrected chi connectivity index (χ0v) is 20.5. The monoisotopic (exact) mass is 549 g/mol. The van der Waals surface area contributed by atoms with Crippen molar-refractivity contribution in [3.05, 3.63) is 45.1 Å². The number of amides is 1. The molecule has 2 aliphatic heterocycles. The van der Waals surface area contributed by atoms with Crippen molar-refractivity contribution < 1.29 is 35.9 Å². The molecular formula is C22H25F6N7O3. The molecule has 2 aromatic rings. The molecule has 0 spiro atoms. The number of carbonyl (C=O) groups excluding carboxylic acids is 1. The van der Waals surface area contributed by atoms with Crippen molar-refractivity contribution >= 4 is 11.9 Å². The molecule has 2 saturated heterocycles. The fourth-order valence-electron chi connectivity index (χ4n) is 4.42. The van der Waals surface area contributed by atoms with Gasteiger partial charge in [-0.05, 0) is 12.5 Å². The summed E-state index contributed by atoms with van der Waals surface area (Å²) < 4.78 is 84.8. The Balaban J connectivity index is 1.37. The molecule has 0 radical (unpaired) electrons. The van der Waals surface area contributed by atoms with Crippen LogP contribution < -0.4 is 10.5 Å². The molecule has 2 fully saturated rings. The van der Waals surface area contributed by atoms with E-state index in [1.165, 1.54) is 6.92 Å². The minimum Gasteiger partial charge on any atom is -0.366 e. The number of nitrogens with zero attached hydrogens (tertiary/aromatic N) is 7. The van der Waals surface area contributed by atoms with Crippen molar-refractivity contribution in [3.63, 3.8) is 0 Å². The van der Waals surface area contributed by atoms with Crippen LogP contribution in [0.5, 0.6) is 0 Å². The molecule has 0 N–H and O–H groups in total. The van der Waals surface area contributed by atoms with Gasteiger partial charge < -0.3 is 14.5 Å². The van der Waals surface area contributed by atoms with Gasteiger partial charge in [-0.3, -0.25) is 14.5 Å². The van der Waals surface area contributed by atoms with Crippen LogP contribution in [0.25, 0.3) is 0 Å². The number of hydrogen-bond donors (Lipinski definition) is 0. The Morgan fingerprint density at radius 2 is 1.66 bits per heavy atom. The molecule has 0 aliphatic carbocycles. The number of halogens is 6. The van der Waals surface area contributed by atoms with E-state index in [0.717, 1.165) is 7.05 Å².